The molecular formula is C21H26N4O3. The maximum Gasteiger partial charge on any atom is 0.313 e. The number of pyridine rings is 1. The zero-order valence-corrected chi connectivity index (χ0v) is 16.3. The summed E-state index contributed by atoms with van der Waals surface area (Å²) in [4.78, 5) is 30.8. The SMILES string of the molecule is COc1ccc(C)cc1NC(=O)C(=O)NCC1CCN(c2cccnc2)CC1. The van der Waals surface area contributed by atoms with Crippen molar-refractivity contribution in [2.24, 2.45) is 5.92 Å². The van der Waals surface area contributed by atoms with E-state index >= 15 is 0 Å². The normalized spacial score (nSPS) is 14.4. The summed E-state index contributed by atoms with van der Waals surface area (Å²) in [6.07, 6.45) is 5.56. The zero-order chi connectivity index (χ0) is 19.9. The predicted molar refractivity (Wildman–Crippen MR) is 109 cm³/mol. The van der Waals surface area contributed by atoms with Crippen molar-refractivity contribution in [1.29, 1.82) is 0 Å². The molecule has 2 N–H and O–H groups in total. The van der Waals surface area contributed by atoms with Crippen LogP contribution in [0.1, 0.15) is 18.4 Å². The Morgan fingerprint density at radius 2 is 2.00 bits per heavy atom. The van der Waals surface area contributed by atoms with Crippen molar-refractivity contribution < 1.29 is 14.3 Å². The number of nitrogens with zero attached hydrogens (tertiary/aromatic N) is 2. The van der Waals surface area contributed by atoms with E-state index in [1.807, 2.05) is 25.3 Å². The Kier molecular flexibility index (Phi) is 6.47. The number of amides is 2. The first-order chi connectivity index (χ1) is 13.6. The average Bonchev–Trinajstić information content (AvgIpc) is 2.73. The summed E-state index contributed by atoms with van der Waals surface area (Å²) in [5.41, 5.74) is 2.58. The van der Waals surface area contributed by atoms with Crippen molar-refractivity contribution in [3.05, 3.63) is 48.3 Å². The molecule has 3 rings (SSSR count). The average molecular weight is 382 g/mol. The van der Waals surface area contributed by atoms with Crippen LogP contribution in [0.5, 0.6) is 5.75 Å². The minimum atomic E-state index is -0.684. The third kappa shape index (κ3) is 5.00. The summed E-state index contributed by atoms with van der Waals surface area (Å²) in [6, 6.07) is 9.41. The Labute approximate surface area is 165 Å². The van der Waals surface area contributed by atoms with Crippen molar-refractivity contribution >= 4 is 23.2 Å². The van der Waals surface area contributed by atoms with Gasteiger partial charge in [-0.3, -0.25) is 14.6 Å². The lowest BCUT2D eigenvalue weighted by Crippen LogP contribution is -2.41. The van der Waals surface area contributed by atoms with Crippen molar-refractivity contribution in [2.45, 2.75) is 19.8 Å². The molecule has 148 valence electrons. The second-order valence-electron chi connectivity index (χ2n) is 7.01. The number of rotatable bonds is 5. The highest BCUT2D eigenvalue weighted by molar-refractivity contribution is 6.39. The zero-order valence-electron chi connectivity index (χ0n) is 16.3. The smallest absolute Gasteiger partial charge is 0.313 e. The summed E-state index contributed by atoms with van der Waals surface area (Å²) in [6.45, 7) is 4.24. The molecule has 1 fully saturated rings. The fraction of sp³-hybridized carbons (Fsp3) is 0.381. The molecule has 0 bridgehead atoms. The van der Waals surface area contributed by atoms with Gasteiger partial charge in [0.25, 0.3) is 0 Å². The predicted octanol–water partition coefficient (Wildman–Crippen LogP) is 2.37. The highest BCUT2D eigenvalue weighted by Crippen LogP contribution is 2.25. The minimum Gasteiger partial charge on any atom is -0.495 e. The lowest BCUT2D eigenvalue weighted by molar-refractivity contribution is -0.136. The molecule has 2 heterocycles. The fourth-order valence-corrected chi connectivity index (χ4v) is 3.35. The second-order valence-corrected chi connectivity index (χ2v) is 7.01. The number of aromatic nitrogens is 1. The van der Waals surface area contributed by atoms with Crippen LogP contribution in [0.15, 0.2) is 42.7 Å². The van der Waals surface area contributed by atoms with Gasteiger partial charge in [-0.1, -0.05) is 6.07 Å². The van der Waals surface area contributed by atoms with E-state index in [2.05, 4.69) is 26.6 Å². The molecular weight excluding hydrogens is 356 g/mol. The number of methoxy groups -OCH3 is 1. The monoisotopic (exact) mass is 382 g/mol. The third-order valence-corrected chi connectivity index (χ3v) is 4.99. The van der Waals surface area contributed by atoms with Gasteiger partial charge in [0, 0.05) is 25.8 Å². The highest BCUT2D eigenvalue weighted by atomic mass is 16.5. The molecule has 0 unspecified atom stereocenters. The van der Waals surface area contributed by atoms with Gasteiger partial charge < -0.3 is 20.3 Å². The van der Waals surface area contributed by atoms with Gasteiger partial charge in [-0.15, -0.1) is 0 Å². The van der Waals surface area contributed by atoms with E-state index in [1.165, 1.54) is 7.11 Å². The van der Waals surface area contributed by atoms with E-state index in [0.29, 0.717) is 23.9 Å². The molecule has 1 aromatic heterocycles. The minimum absolute atomic E-state index is 0.359. The lowest BCUT2D eigenvalue weighted by atomic mass is 9.96. The Morgan fingerprint density at radius 1 is 1.21 bits per heavy atom. The first kappa shape index (κ1) is 19.7. The molecule has 28 heavy (non-hydrogen) atoms. The number of piperidine rings is 1. The van der Waals surface area contributed by atoms with E-state index in [4.69, 9.17) is 4.74 Å². The maximum absolute atomic E-state index is 12.2. The molecule has 7 nitrogen and oxygen atoms in total. The number of anilines is 2. The number of benzene rings is 1. The third-order valence-electron chi connectivity index (χ3n) is 4.99. The van der Waals surface area contributed by atoms with Gasteiger partial charge in [-0.25, -0.2) is 0 Å². The van der Waals surface area contributed by atoms with Crippen molar-refractivity contribution in [3.63, 3.8) is 0 Å². The van der Waals surface area contributed by atoms with E-state index in [9.17, 15) is 9.59 Å². The van der Waals surface area contributed by atoms with Crippen LogP contribution >= 0.6 is 0 Å². The van der Waals surface area contributed by atoms with E-state index in [-0.39, 0.29) is 0 Å². The first-order valence-electron chi connectivity index (χ1n) is 9.45. The van der Waals surface area contributed by atoms with Crippen LogP contribution in [0.4, 0.5) is 11.4 Å². The summed E-state index contributed by atoms with van der Waals surface area (Å²) in [5.74, 6) is -0.428. The highest BCUT2D eigenvalue weighted by Gasteiger charge is 2.22. The number of hydrogen-bond acceptors (Lipinski definition) is 5. The van der Waals surface area contributed by atoms with Crippen LogP contribution in [0.2, 0.25) is 0 Å². The van der Waals surface area contributed by atoms with Crippen LogP contribution in [0, 0.1) is 12.8 Å². The standard InChI is InChI=1S/C21H26N4O3/c1-15-5-6-19(28-2)18(12-15)24-21(27)20(26)23-13-16-7-10-25(11-8-16)17-4-3-9-22-14-17/h3-6,9,12,14,16H,7-8,10-11,13H2,1-2H3,(H,23,26)(H,24,27). The van der Waals surface area contributed by atoms with Crippen molar-refractivity contribution in [3.8, 4) is 5.75 Å². The van der Waals surface area contributed by atoms with Crippen LogP contribution in [0.25, 0.3) is 0 Å². The molecule has 0 aliphatic carbocycles. The Morgan fingerprint density at radius 3 is 2.68 bits per heavy atom. The Balaban J connectivity index is 1.46. The van der Waals surface area contributed by atoms with Crippen LogP contribution in [-0.4, -0.2) is 43.5 Å². The van der Waals surface area contributed by atoms with Gasteiger partial charge in [0.2, 0.25) is 0 Å². The molecule has 1 aliphatic heterocycles. The van der Waals surface area contributed by atoms with Gasteiger partial charge in [-0.2, -0.15) is 0 Å². The maximum atomic E-state index is 12.2. The van der Waals surface area contributed by atoms with Crippen LogP contribution < -0.4 is 20.3 Å². The van der Waals surface area contributed by atoms with Crippen molar-refractivity contribution in [2.75, 3.05) is 37.0 Å². The van der Waals surface area contributed by atoms with E-state index < -0.39 is 11.8 Å². The van der Waals surface area contributed by atoms with Gasteiger partial charge in [0.05, 0.1) is 24.7 Å². The second kappa shape index (κ2) is 9.21. The molecule has 1 aliphatic rings. The number of hydrogen-bond donors (Lipinski definition) is 2. The number of aryl methyl sites for hydroxylation is 1. The molecule has 7 heteroatoms. The van der Waals surface area contributed by atoms with Crippen LogP contribution in [0.3, 0.4) is 0 Å². The lowest BCUT2D eigenvalue weighted by Gasteiger charge is -2.33. The fourth-order valence-electron chi connectivity index (χ4n) is 3.35. The summed E-state index contributed by atoms with van der Waals surface area (Å²) < 4.78 is 5.23. The number of carbonyl (C=O) groups excluding carboxylic acids is 2. The van der Waals surface area contributed by atoms with Gasteiger partial charge in [0.1, 0.15) is 5.75 Å². The largest absolute Gasteiger partial charge is 0.495 e. The van der Waals surface area contributed by atoms with E-state index in [0.717, 1.165) is 37.2 Å². The van der Waals surface area contributed by atoms with Crippen molar-refractivity contribution in [1.82, 2.24) is 10.3 Å². The first-order valence-corrected chi connectivity index (χ1v) is 9.45. The number of carbonyl (C=O) groups is 2. The number of ether oxygens (including phenoxy) is 1. The molecule has 1 saturated heterocycles. The molecule has 2 amide bonds. The Hall–Kier alpha value is -3.09. The molecule has 0 atom stereocenters. The van der Waals surface area contributed by atoms with Gasteiger partial charge in [0.15, 0.2) is 0 Å². The molecule has 0 saturated carbocycles. The quantitative estimate of drug-likeness (QED) is 0.776. The molecule has 0 radical (unpaired) electrons. The summed E-state index contributed by atoms with van der Waals surface area (Å²) in [7, 11) is 1.53. The molecule has 2 aromatic rings. The molecule has 1 aromatic carbocycles. The Bertz CT molecular complexity index is 818. The number of nitrogens with one attached hydrogen (secondary N) is 2. The van der Waals surface area contributed by atoms with Gasteiger partial charge >= 0.3 is 11.8 Å². The van der Waals surface area contributed by atoms with Gasteiger partial charge in [-0.05, 0) is 55.5 Å². The summed E-state index contributed by atoms with van der Waals surface area (Å²) in [5, 5.41) is 5.38. The summed E-state index contributed by atoms with van der Waals surface area (Å²) >= 11 is 0. The van der Waals surface area contributed by atoms with Crippen LogP contribution in [-0.2, 0) is 9.59 Å². The topological polar surface area (TPSA) is 83.6 Å². The molecule has 0 spiro atoms. The van der Waals surface area contributed by atoms with E-state index in [1.54, 1.807) is 18.3 Å².